The molecular weight excluding hydrogens is 326 g/mol. The van der Waals surface area contributed by atoms with Crippen LogP contribution in [0.15, 0.2) is 30.5 Å². The lowest BCUT2D eigenvalue weighted by atomic mass is 10.0. The molecule has 0 fully saturated rings. The van der Waals surface area contributed by atoms with E-state index in [4.69, 9.17) is 4.74 Å². The predicted molar refractivity (Wildman–Crippen MR) is 106 cm³/mol. The lowest BCUT2D eigenvalue weighted by Crippen LogP contribution is -2.20. The van der Waals surface area contributed by atoms with Crippen LogP contribution < -0.4 is 0 Å². The SMILES string of the molecule is CCCCCCCCCCC(C(=O)OC)n1cc(C=O)c2ccccc21. The predicted octanol–water partition coefficient (Wildman–Crippen LogP) is 5.70. The second-order valence-corrected chi connectivity index (χ2v) is 6.93. The molecule has 0 bridgehead atoms. The third-order valence-electron chi connectivity index (χ3n) is 5.04. The number of esters is 1. The molecule has 4 heteroatoms. The monoisotopic (exact) mass is 357 g/mol. The van der Waals surface area contributed by atoms with E-state index < -0.39 is 0 Å². The van der Waals surface area contributed by atoms with Crippen molar-refractivity contribution >= 4 is 23.2 Å². The van der Waals surface area contributed by atoms with Crippen molar-refractivity contribution in [3.63, 3.8) is 0 Å². The zero-order valence-corrected chi connectivity index (χ0v) is 16.1. The fourth-order valence-electron chi connectivity index (χ4n) is 3.56. The maximum absolute atomic E-state index is 12.4. The Bertz CT molecular complexity index is 704. The Balaban J connectivity index is 2.00. The first kappa shape index (κ1) is 20.2. The minimum Gasteiger partial charge on any atom is -0.467 e. The van der Waals surface area contributed by atoms with Crippen LogP contribution in [0.3, 0.4) is 0 Å². The van der Waals surface area contributed by atoms with Gasteiger partial charge in [-0.15, -0.1) is 0 Å². The van der Waals surface area contributed by atoms with E-state index in [0.29, 0.717) is 5.56 Å². The summed E-state index contributed by atoms with van der Waals surface area (Å²) < 4.78 is 6.94. The molecule has 1 atom stereocenters. The lowest BCUT2D eigenvalue weighted by Gasteiger charge is -2.18. The first-order chi connectivity index (χ1) is 12.7. The number of nitrogens with zero attached hydrogens (tertiary/aromatic N) is 1. The Morgan fingerprint density at radius 3 is 2.38 bits per heavy atom. The van der Waals surface area contributed by atoms with Gasteiger partial charge in [-0.3, -0.25) is 4.79 Å². The van der Waals surface area contributed by atoms with Crippen LogP contribution in [0.25, 0.3) is 10.9 Å². The van der Waals surface area contributed by atoms with Crippen molar-refractivity contribution in [2.75, 3.05) is 7.11 Å². The van der Waals surface area contributed by atoms with Crippen LogP contribution in [0.5, 0.6) is 0 Å². The van der Waals surface area contributed by atoms with Gasteiger partial charge in [-0.1, -0.05) is 76.5 Å². The average Bonchev–Trinajstić information content (AvgIpc) is 3.05. The van der Waals surface area contributed by atoms with E-state index in [1.807, 2.05) is 28.8 Å². The number of ether oxygens (including phenoxy) is 1. The van der Waals surface area contributed by atoms with Crippen molar-refractivity contribution < 1.29 is 14.3 Å². The Morgan fingerprint density at radius 1 is 1.08 bits per heavy atom. The number of carbonyl (C=O) groups is 2. The normalized spacial score (nSPS) is 12.2. The van der Waals surface area contributed by atoms with Crippen LogP contribution in [-0.2, 0) is 9.53 Å². The highest BCUT2D eigenvalue weighted by Gasteiger charge is 2.23. The van der Waals surface area contributed by atoms with Gasteiger partial charge >= 0.3 is 5.97 Å². The summed E-state index contributed by atoms with van der Waals surface area (Å²) in [6, 6.07) is 7.33. The van der Waals surface area contributed by atoms with Gasteiger partial charge < -0.3 is 9.30 Å². The Hall–Kier alpha value is -2.10. The molecule has 0 aliphatic rings. The number of aromatic nitrogens is 1. The second kappa shape index (κ2) is 10.8. The maximum atomic E-state index is 12.4. The van der Waals surface area contributed by atoms with E-state index in [1.54, 1.807) is 6.20 Å². The van der Waals surface area contributed by atoms with Crippen molar-refractivity contribution in [3.8, 4) is 0 Å². The molecule has 1 unspecified atom stereocenters. The van der Waals surface area contributed by atoms with Gasteiger partial charge in [0.15, 0.2) is 6.29 Å². The van der Waals surface area contributed by atoms with Crippen LogP contribution >= 0.6 is 0 Å². The summed E-state index contributed by atoms with van der Waals surface area (Å²) in [4.78, 5) is 23.7. The van der Waals surface area contributed by atoms with Crippen LogP contribution in [0.2, 0.25) is 0 Å². The van der Waals surface area contributed by atoms with Gasteiger partial charge in [0.05, 0.1) is 7.11 Å². The zero-order valence-electron chi connectivity index (χ0n) is 16.1. The molecule has 4 nitrogen and oxygen atoms in total. The Morgan fingerprint density at radius 2 is 1.73 bits per heavy atom. The molecule has 0 aliphatic heterocycles. The highest BCUT2D eigenvalue weighted by Crippen LogP contribution is 2.27. The molecule has 0 saturated heterocycles. The molecule has 0 aliphatic carbocycles. The topological polar surface area (TPSA) is 48.3 Å². The molecule has 1 aromatic carbocycles. The summed E-state index contributed by atoms with van der Waals surface area (Å²) in [5.74, 6) is -0.244. The number of unbranched alkanes of at least 4 members (excludes halogenated alkanes) is 7. The molecule has 26 heavy (non-hydrogen) atoms. The minimum absolute atomic E-state index is 0.244. The highest BCUT2D eigenvalue weighted by atomic mass is 16.5. The fourth-order valence-corrected chi connectivity index (χ4v) is 3.56. The molecule has 1 aromatic heterocycles. The van der Waals surface area contributed by atoms with E-state index in [1.165, 1.54) is 45.6 Å². The van der Waals surface area contributed by atoms with Crippen LogP contribution in [0, 0.1) is 0 Å². The smallest absolute Gasteiger partial charge is 0.328 e. The minimum atomic E-state index is -0.376. The van der Waals surface area contributed by atoms with Gasteiger partial charge in [0.25, 0.3) is 0 Å². The number of hydrogen-bond acceptors (Lipinski definition) is 3. The van der Waals surface area contributed by atoms with Crippen molar-refractivity contribution in [2.45, 2.75) is 70.8 Å². The summed E-state index contributed by atoms with van der Waals surface area (Å²) in [7, 11) is 1.43. The first-order valence-electron chi connectivity index (χ1n) is 9.85. The van der Waals surface area contributed by atoms with Crippen molar-refractivity contribution in [2.24, 2.45) is 0 Å². The summed E-state index contributed by atoms with van der Waals surface area (Å²) in [5.41, 5.74) is 1.52. The van der Waals surface area contributed by atoms with Crippen molar-refractivity contribution in [1.82, 2.24) is 4.57 Å². The van der Waals surface area contributed by atoms with E-state index in [-0.39, 0.29) is 12.0 Å². The Kier molecular flexibility index (Phi) is 8.39. The van der Waals surface area contributed by atoms with Gasteiger partial charge in [-0.2, -0.15) is 0 Å². The molecule has 142 valence electrons. The van der Waals surface area contributed by atoms with Crippen molar-refractivity contribution in [3.05, 3.63) is 36.0 Å². The van der Waals surface area contributed by atoms with E-state index in [0.717, 1.165) is 36.5 Å². The van der Waals surface area contributed by atoms with Gasteiger partial charge in [0, 0.05) is 22.7 Å². The number of hydrogen-bond donors (Lipinski definition) is 0. The van der Waals surface area contributed by atoms with Crippen LogP contribution in [0.1, 0.15) is 81.1 Å². The third kappa shape index (κ3) is 5.20. The molecule has 1 heterocycles. The Labute approximate surface area is 156 Å². The largest absolute Gasteiger partial charge is 0.467 e. The average molecular weight is 357 g/mol. The third-order valence-corrected chi connectivity index (χ3v) is 5.04. The number of carbonyl (C=O) groups excluding carboxylic acids is 2. The first-order valence-corrected chi connectivity index (χ1v) is 9.85. The molecular formula is C22H31NO3. The fraction of sp³-hybridized carbons (Fsp3) is 0.545. The number of fused-ring (bicyclic) bond motifs is 1. The molecule has 2 aromatic rings. The number of methoxy groups -OCH3 is 1. The van der Waals surface area contributed by atoms with E-state index in [9.17, 15) is 9.59 Å². The molecule has 0 N–H and O–H groups in total. The molecule has 0 saturated carbocycles. The number of para-hydroxylation sites is 1. The molecule has 0 spiro atoms. The van der Waals surface area contributed by atoms with Gasteiger partial charge in [0.1, 0.15) is 6.04 Å². The van der Waals surface area contributed by atoms with Gasteiger partial charge in [-0.25, -0.2) is 4.79 Å². The highest BCUT2D eigenvalue weighted by molar-refractivity contribution is 5.98. The number of rotatable bonds is 12. The maximum Gasteiger partial charge on any atom is 0.328 e. The standard InChI is InChI=1S/C22H31NO3/c1-3-4-5-6-7-8-9-10-15-21(22(25)26-2)23-16-18(17-24)19-13-11-12-14-20(19)23/h11-14,16-17,21H,3-10,15H2,1-2H3. The van der Waals surface area contributed by atoms with Crippen LogP contribution in [0.4, 0.5) is 0 Å². The van der Waals surface area contributed by atoms with Gasteiger partial charge in [-0.05, 0) is 12.5 Å². The molecule has 0 radical (unpaired) electrons. The quantitative estimate of drug-likeness (QED) is 0.278. The molecule has 0 amide bonds. The van der Waals surface area contributed by atoms with E-state index in [2.05, 4.69) is 6.92 Å². The summed E-state index contributed by atoms with van der Waals surface area (Å²) >= 11 is 0. The summed E-state index contributed by atoms with van der Waals surface area (Å²) in [6.45, 7) is 2.23. The van der Waals surface area contributed by atoms with Crippen LogP contribution in [-0.4, -0.2) is 23.9 Å². The summed E-state index contributed by atoms with van der Waals surface area (Å²) in [6.07, 6.45) is 13.2. The molecule has 2 rings (SSSR count). The van der Waals surface area contributed by atoms with E-state index >= 15 is 0 Å². The zero-order chi connectivity index (χ0) is 18.8. The van der Waals surface area contributed by atoms with Gasteiger partial charge in [0.2, 0.25) is 0 Å². The number of aldehydes is 1. The number of benzene rings is 1. The summed E-state index contributed by atoms with van der Waals surface area (Å²) in [5, 5.41) is 0.882. The second-order valence-electron chi connectivity index (χ2n) is 6.93. The van der Waals surface area contributed by atoms with Crippen molar-refractivity contribution in [1.29, 1.82) is 0 Å². The lowest BCUT2D eigenvalue weighted by molar-refractivity contribution is -0.144.